The van der Waals surface area contributed by atoms with Crippen LogP contribution in [-0.2, 0) is 14.3 Å². The highest BCUT2D eigenvalue weighted by molar-refractivity contribution is 5.89. The second-order valence-electron chi connectivity index (χ2n) is 3.44. The normalized spacial score (nSPS) is 38.1. The van der Waals surface area contributed by atoms with E-state index in [0.29, 0.717) is 5.92 Å². The Balaban J connectivity index is 2.07. The molecule has 4 nitrogen and oxygen atoms in total. The molecule has 4 heteroatoms. The molecule has 3 rings (SSSR count). The number of nitrogens with one attached hydrogen (secondary N) is 1. The third-order valence-electron chi connectivity index (χ3n) is 2.77. The predicted octanol–water partition coefficient (Wildman–Crippen LogP) is -0.316. The zero-order chi connectivity index (χ0) is 8.72. The summed E-state index contributed by atoms with van der Waals surface area (Å²) in [5, 5.41) is 2.65. The van der Waals surface area contributed by atoms with Crippen molar-refractivity contribution in [3.05, 3.63) is 0 Å². The Labute approximate surface area is 70.3 Å². The standard InChI is InChI=1S/C8H11NO3/c1-12-8(11)6-4-2-5(3-4)7(10)9-6/h4-6H,2-3H2,1H3,(H,9,10). The molecule has 1 amide bonds. The molecule has 2 bridgehead atoms. The SMILES string of the molecule is COC(=O)C1NC(=O)C2CC1C2. The Bertz CT molecular complexity index is 232. The molecular formula is C8H11NO3. The molecule has 2 aliphatic heterocycles. The highest BCUT2D eigenvalue weighted by Gasteiger charge is 2.48. The lowest BCUT2D eigenvalue weighted by molar-refractivity contribution is -0.155. The van der Waals surface area contributed by atoms with Gasteiger partial charge in [0, 0.05) is 5.92 Å². The van der Waals surface area contributed by atoms with Crippen LogP contribution in [0.2, 0.25) is 0 Å². The van der Waals surface area contributed by atoms with E-state index in [1.54, 1.807) is 0 Å². The molecule has 0 spiro atoms. The van der Waals surface area contributed by atoms with Crippen LogP contribution in [0.1, 0.15) is 12.8 Å². The van der Waals surface area contributed by atoms with Gasteiger partial charge in [-0.3, -0.25) is 4.79 Å². The number of ether oxygens (including phenoxy) is 1. The largest absolute Gasteiger partial charge is 0.467 e. The van der Waals surface area contributed by atoms with Crippen molar-refractivity contribution >= 4 is 11.9 Å². The van der Waals surface area contributed by atoms with Gasteiger partial charge in [-0.2, -0.15) is 0 Å². The smallest absolute Gasteiger partial charge is 0.328 e. The first-order valence-electron chi connectivity index (χ1n) is 4.10. The van der Waals surface area contributed by atoms with Crippen molar-refractivity contribution in [2.24, 2.45) is 11.8 Å². The molecular weight excluding hydrogens is 158 g/mol. The monoisotopic (exact) mass is 169 g/mol. The van der Waals surface area contributed by atoms with E-state index in [-0.39, 0.29) is 23.8 Å². The van der Waals surface area contributed by atoms with Crippen molar-refractivity contribution in [1.82, 2.24) is 5.32 Å². The summed E-state index contributed by atoms with van der Waals surface area (Å²) >= 11 is 0. The van der Waals surface area contributed by atoms with Crippen LogP contribution in [0.4, 0.5) is 0 Å². The number of methoxy groups -OCH3 is 1. The number of hydrogen-bond donors (Lipinski definition) is 1. The van der Waals surface area contributed by atoms with Crippen LogP contribution in [0, 0.1) is 11.8 Å². The number of carbonyl (C=O) groups excluding carboxylic acids is 2. The van der Waals surface area contributed by atoms with E-state index in [0.717, 1.165) is 12.8 Å². The van der Waals surface area contributed by atoms with Gasteiger partial charge in [-0.25, -0.2) is 4.79 Å². The number of rotatable bonds is 1. The Hall–Kier alpha value is -1.06. The molecule has 66 valence electrons. The first-order valence-corrected chi connectivity index (χ1v) is 4.10. The average molecular weight is 169 g/mol. The van der Waals surface area contributed by atoms with Crippen LogP contribution in [0.15, 0.2) is 0 Å². The maximum atomic E-state index is 11.1. The summed E-state index contributed by atoms with van der Waals surface area (Å²) in [5.41, 5.74) is 0. The minimum atomic E-state index is -0.382. The van der Waals surface area contributed by atoms with Crippen molar-refractivity contribution in [2.45, 2.75) is 18.9 Å². The van der Waals surface area contributed by atoms with Gasteiger partial charge in [0.05, 0.1) is 7.11 Å². The number of amides is 1. The zero-order valence-corrected chi connectivity index (χ0v) is 6.87. The van der Waals surface area contributed by atoms with Crippen LogP contribution in [0.3, 0.4) is 0 Å². The van der Waals surface area contributed by atoms with E-state index >= 15 is 0 Å². The minimum absolute atomic E-state index is 0.00731. The fourth-order valence-electron chi connectivity index (χ4n) is 1.92. The highest BCUT2D eigenvalue weighted by Crippen LogP contribution is 2.40. The third-order valence-corrected chi connectivity index (χ3v) is 2.77. The lowest BCUT2D eigenvalue weighted by Crippen LogP contribution is -2.60. The second kappa shape index (κ2) is 2.47. The summed E-state index contributed by atoms with van der Waals surface area (Å²) in [6.45, 7) is 0. The molecule has 1 saturated carbocycles. The Morgan fingerprint density at radius 1 is 1.58 bits per heavy atom. The van der Waals surface area contributed by atoms with Crippen LogP contribution in [0.5, 0.6) is 0 Å². The van der Waals surface area contributed by atoms with Gasteiger partial charge in [0.15, 0.2) is 0 Å². The first-order chi connectivity index (χ1) is 5.72. The van der Waals surface area contributed by atoms with Gasteiger partial charge >= 0.3 is 5.97 Å². The summed E-state index contributed by atoms with van der Waals surface area (Å²) in [6.07, 6.45) is 1.71. The van der Waals surface area contributed by atoms with Crippen molar-refractivity contribution < 1.29 is 14.3 Å². The second-order valence-corrected chi connectivity index (χ2v) is 3.44. The Kier molecular flexibility index (Phi) is 1.56. The van der Waals surface area contributed by atoms with Crippen molar-refractivity contribution in [2.75, 3.05) is 7.11 Å². The quantitative estimate of drug-likeness (QED) is 0.547. The van der Waals surface area contributed by atoms with Crippen LogP contribution < -0.4 is 5.32 Å². The number of carbonyl (C=O) groups is 2. The molecule has 1 N–H and O–H groups in total. The van der Waals surface area contributed by atoms with Gasteiger partial charge in [-0.05, 0) is 18.8 Å². The van der Waals surface area contributed by atoms with E-state index < -0.39 is 0 Å². The minimum Gasteiger partial charge on any atom is -0.467 e. The fraction of sp³-hybridized carbons (Fsp3) is 0.750. The summed E-state index contributed by atoms with van der Waals surface area (Å²) in [4.78, 5) is 22.3. The number of hydrogen-bond acceptors (Lipinski definition) is 3. The Morgan fingerprint density at radius 3 is 2.75 bits per heavy atom. The number of esters is 1. The predicted molar refractivity (Wildman–Crippen MR) is 40.2 cm³/mol. The van der Waals surface area contributed by atoms with E-state index in [9.17, 15) is 9.59 Å². The van der Waals surface area contributed by atoms with Gasteiger partial charge < -0.3 is 10.1 Å². The van der Waals surface area contributed by atoms with E-state index in [1.807, 2.05) is 0 Å². The van der Waals surface area contributed by atoms with Crippen molar-refractivity contribution in [3.8, 4) is 0 Å². The number of fused-ring (bicyclic) bond motifs is 2. The molecule has 0 aromatic rings. The molecule has 12 heavy (non-hydrogen) atoms. The van der Waals surface area contributed by atoms with Gasteiger partial charge in [0.1, 0.15) is 6.04 Å². The van der Waals surface area contributed by atoms with Crippen LogP contribution in [0.25, 0.3) is 0 Å². The van der Waals surface area contributed by atoms with E-state index in [2.05, 4.69) is 10.1 Å². The summed E-state index contributed by atoms with van der Waals surface area (Å²) in [6, 6.07) is -0.382. The van der Waals surface area contributed by atoms with Gasteiger partial charge in [-0.15, -0.1) is 0 Å². The molecule has 1 aliphatic carbocycles. The molecule has 0 aromatic heterocycles. The maximum Gasteiger partial charge on any atom is 0.328 e. The molecule has 2 heterocycles. The Morgan fingerprint density at radius 2 is 2.25 bits per heavy atom. The third kappa shape index (κ3) is 0.906. The van der Waals surface area contributed by atoms with Gasteiger partial charge in [0.2, 0.25) is 5.91 Å². The van der Waals surface area contributed by atoms with E-state index in [4.69, 9.17) is 0 Å². The van der Waals surface area contributed by atoms with Crippen molar-refractivity contribution in [1.29, 1.82) is 0 Å². The van der Waals surface area contributed by atoms with E-state index in [1.165, 1.54) is 7.11 Å². The molecule has 1 unspecified atom stereocenters. The molecule has 3 fully saturated rings. The molecule has 0 aromatic carbocycles. The average Bonchev–Trinajstić information content (AvgIpc) is 2.00. The van der Waals surface area contributed by atoms with Crippen LogP contribution in [-0.4, -0.2) is 25.0 Å². The number of piperidine rings is 2. The molecule has 1 atom stereocenters. The molecule has 0 radical (unpaired) electrons. The fourth-order valence-corrected chi connectivity index (χ4v) is 1.92. The lowest BCUT2D eigenvalue weighted by Gasteiger charge is -2.44. The van der Waals surface area contributed by atoms with Gasteiger partial charge in [-0.1, -0.05) is 0 Å². The highest BCUT2D eigenvalue weighted by atomic mass is 16.5. The summed E-state index contributed by atoms with van der Waals surface area (Å²) in [7, 11) is 1.35. The van der Waals surface area contributed by atoms with Gasteiger partial charge in [0.25, 0.3) is 0 Å². The zero-order valence-electron chi connectivity index (χ0n) is 6.87. The van der Waals surface area contributed by atoms with Crippen molar-refractivity contribution in [3.63, 3.8) is 0 Å². The maximum absolute atomic E-state index is 11.1. The van der Waals surface area contributed by atoms with Crippen LogP contribution >= 0.6 is 0 Å². The first kappa shape index (κ1) is 7.58. The lowest BCUT2D eigenvalue weighted by atomic mass is 9.67. The molecule has 2 saturated heterocycles. The topological polar surface area (TPSA) is 55.4 Å². The molecule has 3 aliphatic rings. The summed E-state index contributed by atoms with van der Waals surface area (Å²) < 4.78 is 4.58. The summed E-state index contributed by atoms with van der Waals surface area (Å²) in [5.74, 6) is 0.176.